The molecule has 2 aromatic rings. The second-order valence-corrected chi connectivity index (χ2v) is 6.22. The molecule has 6 nitrogen and oxygen atoms in total. The van der Waals surface area contributed by atoms with Gasteiger partial charge in [-0.1, -0.05) is 0 Å². The molecule has 24 heavy (non-hydrogen) atoms. The largest absolute Gasteiger partial charge is 0.373 e. The number of carbonyl (C=O) groups is 1. The first-order valence-electron chi connectivity index (χ1n) is 7.82. The Hall–Kier alpha value is -1.50. The molecule has 0 spiro atoms. The van der Waals surface area contributed by atoms with E-state index in [-0.39, 0.29) is 6.42 Å². The van der Waals surface area contributed by atoms with Crippen LogP contribution in [0.4, 0.5) is 5.69 Å². The van der Waals surface area contributed by atoms with Gasteiger partial charge < -0.3 is 14.3 Å². The molecule has 2 N–H and O–H groups in total. The molecule has 1 heterocycles. The Balaban J connectivity index is 2.19. The number of anilines is 1. The van der Waals surface area contributed by atoms with E-state index in [0.29, 0.717) is 24.6 Å². The summed E-state index contributed by atoms with van der Waals surface area (Å²) >= 11 is 11.8. The van der Waals surface area contributed by atoms with E-state index >= 15 is 0 Å². The van der Waals surface area contributed by atoms with E-state index in [1.54, 1.807) is 0 Å². The average Bonchev–Trinajstić information content (AvgIpc) is 2.90. The van der Waals surface area contributed by atoms with E-state index in [1.807, 2.05) is 23.7 Å². The van der Waals surface area contributed by atoms with Gasteiger partial charge >= 0.3 is 5.97 Å². The second kappa shape index (κ2) is 9.11. The first-order valence-corrected chi connectivity index (χ1v) is 8.89. The highest BCUT2D eigenvalue weighted by atomic mass is 35.5. The van der Waals surface area contributed by atoms with Gasteiger partial charge in [-0.2, -0.15) is 5.90 Å². The summed E-state index contributed by atoms with van der Waals surface area (Å²) in [7, 11) is 1.98. The molecule has 1 aromatic heterocycles. The summed E-state index contributed by atoms with van der Waals surface area (Å²) in [4.78, 5) is 22.1. The van der Waals surface area contributed by atoms with Crippen LogP contribution in [0.15, 0.2) is 18.2 Å². The predicted octanol–water partition coefficient (Wildman–Crippen LogP) is 2.60. The molecule has 0 saturated carbocycles. The van der Waals surface area contributed by atoms with Crippen LogP contribution < -0.4 is 10.8 Å². The monoisotopic (exact) mass is 372 g/mol. The van der Waals surface area contributed by atoms with Crippen LogP contribution in [-0.2, 0) is 23.1 Å². The van der Waals surface area contributed by atoms with E-state index in [2.05, 4.69) is 20.8 Å². The maximum absolute atomic E-state index is 11.1. The van der Waals surface area contributed by atoms with Crippen molar-refractivity contribution in [2.24, 2.45) is 12.9 Å². The minimum Gasteiger partial charge on any atom is -0.373 e. The van der Waals surface area contributed by atoms with Gasteiger partial charge in [-0.05, 0) is 24.6 Å². The lowest BCUT2D eigenvalue weighted by atomic mass is 10.2. The third-order valence-electron chi connectivity index (χ3n) is 3.94. The molecule has 0 aliphatic carbocycles. The van der Waals surface area contributed by atoms with Crippen LogP contribution in [0.3, 0.4) is 0 Å². The zero-order chi connectivity index (χ0) is 17.5. The topological polar surface area (TPSA) is 73.4 Å². The number of nitrogens with zero attached hydrogens (tertiary/aromatic N) is 3. The van der Waals surface area contributed by atoms with Crippen molar-refractivity contribution in [1.29, 1.82) is 0 Å². The van der Waals surface area contributed by atoms with Gasteiger partial charge in [0.2, 0.25) is 0 Å². The minimum atomic E-state index is -0.408. The Morgan fingerprint density at radius 3 is 2.67 bits per heavy atom. The maximum Gasteiger partial charge on any atom is 0.324 e. The summed E-state index contributed by atoms with van der Waals surface area (Å²) < 4.78 is 2.05. The average molecular weight is 373 g/mol. The Morgan fingerprint density at radius 1 is 1.33 bits per heavy atom. The van der Waals surface area contributed by atoms with E-state index in [4.69, 9.17) is 29.1 Å². The van der Waals surface area contributed by atoms with Gasteiger partial charge in [0.15, 0.2) is 0 Å². The zero-order valence-corrected chi connectivity index (χ0v) is 15.2. The summed E-state index contributed by atoms with van der Waals surface area (Å²) in [5.74, 6) is 6.45. The van der Waals surface area contributed by atoms with Crippen molar-refractivity contribution in [2.75, 3.05) is 29.7 Å². The van der Waals surface area contributed by atoms with Crippen molar-refractivity contribution in [3.63, 3.8) is 0 Å². The molecule has 0 aliphatic heterocycles. The molecule has 0 radical (unpaired) electrons. The smallest absolute Gasteiger partial charge is 0.324 e. The summed E-state index contributed by atoms with van der Waals surface area (Å²) in [5, 5.41) is 0. The number of alkyl halides is 2. The number of imidazole rings is 1. The molecule has 1 aromatic carbocycles. The van der Waals surface area contributed by atoms with Crippen molar-refractivity contribution in [3.8, 4) is 0 Å². The fraction of sp³-hybridized carbons (Fsp3) is 0.500. The third kappa shape index (κ3) is 4.53. The standard InChI is InChI=1S/C16H22Cl2N4O2/c1-21-14-11-12(22(9-7-17)10-8-18)5-6-13(14)20-15(21)3-2-4-16(23)24-19/h5-6,11H,2-4,7-10,19H2,1H3. The van der Waals surface area contributed by atoms with E-state index in [1.165, 1.54) is 0 Å². The molecule has 132 valence electrons. The highest BCUT2D eigenvalue weighted by Crippen LogP contribution is 2.23. The fourth-order valence-corrected chi connectivity index (χ4v) is 3.08. The maximum atomic E-state index is 11.1. The molecule has 0 atom stereocenters. The lowest BCUT2D eigenvalue weighted by Gasteiger charge is -2.22. The van der Waals surface area contributed by atoms with Crippen LogP contribution in [0.2, 0.25) is 0 Å². The first kappa shape index (κ1) is 18.8. The lowest BCUT2D eigenvalue weighted by molar-refractivity contribution is -0.144. The molecule has 0 bridgehead atoms. The second-order valence-electron chi connectivity index (χ2n) is 5.47. The number of carbonyl (C=O) groups excluding carboxylic acids is 1. The first-order chi connectivity index (χ1) is 11.6. The van der Waals surface area contributed by atoms with Crippen molar-refractivity contribution in [1.82, 2.24) is 9.55 Å². The number of aromatic nitrogens is 2. The predicted molar refractivity (Wildman–Crippen MR) is 97.6 cm³/mol. The van der Waals surface area contributed by atoms with Crippen molar-refractivity contribution < 1.29 is 9.63 Å². The summed E-state index contributed by atoms with van der Waals surface area (Å²) in [6.07, 6.45) is 1.61. The normalized spacial score (nSPS) is 11.0. The Bertz CT molecular complexity index is 684. The van der Waals surface area contributed by atoms with E-state index in [9.17, 15) is 4.79 Å². The van der Waals surface area contributed by atoms with Crippen LogP contribution in [0, 0.1) is 0 Å². The van der Waals surface area contributed by atoms with Crippen molar-refractivity contribution >= 4 is 45.9 Å². The van der Waals surface area contributed by atoms with Gasteiger partial charge in [-0.25, -0.2) is 4.98 Å². The molecule has 0 saturated heterocycles. The van der Waals surface area contributed by atoms with Gasteiger partial charge in [0.1, 0.15) is 5.82 Å². The quantitative estimate of drug-likeness (QED) is 0.540. The van der Waals surface area contributed by atoms with Crippen LogP contribution >= 0.6 is 23.2 Å². The zero-order valence-electron chi connectivity index (χ0n) is 13.7. The van der Waals surface area contributed by atoms with Crippen LogP contribution in [-0.4, -0.2) is 40.4 Å². The molecule has 0 unspecified atom stereocenters. The van der Waals surface area contributed by atoms with Crippen LogP contribution in [0.5, 0.6) is 0 Å². The highest BCUT2D eigenvalue weighted by molar-refractivity contribution is 6.18. The highest BCUT2D eigenvalue weighted by Gasteiger charge is 2.12. The van der Waals surface area contributed by atoms with Gasteiger partial charge in [0.05, 0.1) is 11.0 Å². The molecule has 0 aliphatic rings. The van der Waals surface area contributed by atoms with E-state index in [0.717, 1.165) is 35.6 Å². The Labute approximate surface area is 151 Å². The molecule has 0 amide bonds. The SMILES string of the molecule is Cn1c(CCCC(=O)ON)nc2ccc(N(CCCl)CCCl)cc21. The number of hydrogen-bond acceptors (Lipinski definition) is 5. The molecule has 0 fully saturated rings. The minimum absolute atomic E-state index is 0.282. The fourth-order valence-electron chi connectivity index (χ4n) is 2.67. The summed E-state index contributed by atoms with van der Waals surface area (Å²) in [6.45, 7) is 1.48. The Kier molecular flexibility index (Phi) is 7.15. The summed E-state index contributed by atoms with van der Waals surface area (Å²) in [5.41, 5.74) is 3.04. The molecular weight excluding hydrogens is 351 g/mol. The number of nitrogens with two attached hydrogens (primary N) is 1. The third-order valence-corrected chi connectivity index (χ3v) is 4.28. The van der Waals surface area contributed by atoms with Gasteiger partial charge in [0, 0.05) is 50.4 Å². The lowest BCUT2D eigenvalue weighted by Crippen LogP contribution is -2.27. The number of aryl methyl sites for hydroxylation is 2. The number of fused-ring (bicyclic) bond motifs is 1. The van der Waals surface area contributed by atoms with Crippen molar-refractivity contribution in [3.05, 3.63) is 24.0 Å². The summed E-state index contributed by atoms with van der Waals surface area (Å²) in [6, 6.07) is 6.13. The number of hydrogen-bond donors (Lipinski definition) is 1. The van der Waals surface area contributed by atoms with Crippen LogP contribution in [0.25, 0.3) is 11.0 Å². The van der Waals surface area contributed by atoms with Crippen molar-refractivity contribution in [2.45, 2.75) is 19.3 Å². The van der Waals surface area contributed by atoms with Gasteiger partial charge in [-0.15, -0.1) is 23.2 Å². The van der Waals surface area contributed by atoms with Crippen LogP contribution in [0.1, 0.15) is 18.7 Å². The molecular formula is C16H22Cl2N4O2. The molecule has 8 heteroatoms. The number of halogens is 2. The number of rotatable bonds is 9. The van der Waals surface area contributed by atoms with E-state index < -0.39 is 5.97 Å². The Morgan fingerprint density at radius 2 is 2.04 bits per heavy atom. The number of benzene rings is 1. The molecule has 2 rings (SSSR count). The van der Waals surface area contributed by atoms with Gasteiger partial charge in [-0.3, -0.25) is 4.79 Å². The van der Waals surface area contributed by atoms with Gasteiger partial charge in [0.25, 0.3) is 0 Å².